The van der Waals surface area contributed by atoms with Gasteiger partial charge in [-0.05, 0) is 17.7 Å². The van der Waals surface area contributed by atoms with E-state index in [1.165, 1.54) is 0 Å². The van der Waals surface area contributed by atoms with Gasteiger partial charge in [-0.1, -0.05) is 12.1 Å². The number of amides is 2. The molecule has 0 atom stereocenters. The molecule has 5 nitrogen and oxygen atoms in total. The fraction of sp³-hybridized carbons (Fsp3) is 0.364. The van der Waals surface area contributed by atoms with Crippen LogP contribution in [0.5, 0.6) is 0 Å². The number of likely N-dealkylation sites (N-methyl/N-ethyl adjacent to an activating group) is 1. The summed E-state index contributed by atoms with van der Waals surface area (Å²) in [6, 6.07) is 6.77. The minimum Gasteiger partial charge on any atom is -0.326 e. The number of halogens is 1. The van der Waals surface area contributed by atoms with Gasteiger partial charge in [0.05, 0.1) is 5.75 Å². The maximum Gasteiger partial charge on any atom is 0.324 e. The summed E-state index contributed by atoms with van der Waals surface area (Å²) in [6.45, 7) is 1.27. The zero-order chi connectivity index (χ0) is 13.3. The first kappa shape index (κ1) is 13.2. The van der Waals surface area contributed by atoms with Crippen LogP contribution in [0.4, 0.5) is 10.5 Å². The van der Waals surface area contributed by atoms with Gasteiger partial charge in [0, 0.05) is 36.5 Å². The highest BCUT2D eigenvalue weighted by Crippen LogP contribution is 2.22. The van der Waals surface area contributed by atoms with E-state index < -0.39 is 9.05 Å². The molecule has 0 N–H and O–H groups in total. The molecule has 0 bridgehead atoms. The zero-order valence-electron chi connectivity index (χ0n) is 9.84. The Morgan fingerprint density at radius 2 is 2.06 bits per heavy atom. The fourth-order valence-electron chi connectivity index (χ4n) is 1.90. The monoisotopic (exact) mass is 288 g/mol. The number of hydrogen-bond acceptors (Lipinski definition) is 3. The summed E-state index contributed by atoms with van der Waals surface area (Å²) in [7, 11) is 3.36. The number of nitrogens with zero attached hydrogens (tertiary/aromatic N) is 2. The van der Waals surface area contributed by atoms with Gasteiger partial charge in [-0.25, -0.2) is 13.2 Å². The first-order valence-corrected chi connectivity index (χ1v) is 7.88. The summed E-state index contributed by atoms with van der Waals surface area (Å²) in [5, 5.41) is 0. The Morgan fingerprint density at radius 3 is 2.61 bits per heavy atom. The van der Waals surface area contributed by atoms with Crippen LogP contribution in [0.15, 0.2) is 24.3 Å². The van der Waals surface area contributed by atoms with Crippen molar-refractivity contribution in [1.29, 1.82) is 0 Å². The molecule has 0 aromatic heterocycles. The largest absolute Gasteiger partial charge is 0.326 e. The van der Waals surface area contributed by atoms with Crippen LogP contribution in [0.3, 0.4) is 0 Å². The molecule has 1 aromatic carbocycles. The smallest absolute Gasteiger partial charge is 0.324 e. The first-order valence-electron chi connectivity index (χ1n) is 5.41. The van der Waals surface area contributed by atoms with Crippen molar-refractivity contribution in [3.05, 3.63) is 29.8 Å². The SMILES string of the molecule is CN1CCN(c2cccc(CS(=O)(=O)Cl)c2)C1=O. The Labute approximate surface area is 110 Å². The highest BCUT2D eigenvalue weighted by atomic mass is 35.7. The lowest BCUT2D eigenvalue weighted by Crippen LogP contribution is -2.29. The predicted octanol–water partition coefficient (Wildman–Crippen LogP) is 1.63. The molecule has 2 amide bonds. The molecular weight excluding hydrogens is 276 g/mol. The third-order valence-electron chi connectivity index (χ3n) is 2.78. The van der Waals surface area contributed by atoms with Gasteiger partial charge in [0.1, 0.15) is 0 Å². The molecule has 0 spiro atoms. The van der Waals surface area contributed by atoms with Crippen LogP contribution in [0.1, 0.15) is 5.56 Å². The van der Waals surface area contributed by atoms with Crippen LogP contribution in [0.2, 0.25) is 0 Å². The Bertz CT molecular complexity index is 573. The molecule has 0 saturated carbocycles. The van der Waals surface area contributed by atoms with Crippen molar-refractivity contribution in [1.82, 2.24) is 4.90 Å². The van der Waals surface area contributed by atoms with Gasteiger partial charge in [-0.2, -0.15) is 0 Å². The van der Waals surface area contributed by atoms with Crippen LogP contribution in [0, 0.1) is 0 Å². The van der Waals surface area contributed by atoms with Gasteiger partial charge in [0.25, 0.3) is 0 Å². The number of benzene rings is 1. The van der Waals surface area contributed by atoms with Crippen molar-refractivity contribution in [2.75, 3.05) is 25.0 Å². The summed E-state index contributed by atoms with van der Waals surface area (Å²) in [6.07, 6.45) is 0. The lowest BCUT2D eigenvalue weighted by atomic mass is 10.2. The Kier molecular flexibility index (Phi) is 3.49. The highest BCUT2D eigenvalue weighted by Gasteiger charge is 2.26. The summed E-state index contributed by atoms with van der Waals surface area (Å²) in [5.74, 6) is -0.236. The lowest BCUT2D eigenvalue weighted by molar-refractivity contribution is 0.229. The molecule has 1 aliphatic rings. The van der Waals surface area contributed by atoms with Crippen LogP contribution in [0.25, 0.3) is 0 Å². The molecule has 1 saturated heterocycles. The van der Waals surface area contributed by atoms with Gasteiger partial charge in [-0.15, -0.1) is 0 Å². The predicted molar refractivity (Wildman–Crippen MR) is 70.3 cm³/mol. The molecule has 1 aliphatic heterocycles. The molecule has 0 unspecified atom stereocenters. The average Bonchev–Trinajstić information content (AvgIpc) is 2.58. The maximum absolute atomic E-state index is 11.8. The van der Waals surface area contributed by atoms with E-state index in [9.17, 15) is 13.2 Å². The zero-order valence-corrected chi connectivity index (χ0v) is 11.4. The second-order valence-corrected chi connectivity index (χ2v) is 6.99. The summed E-state index contributed by atoms with van der Waals surface area (Å²) in [4.78, 5) is 15.0. The maximum atomic E-state index is 11.8. The molecule has 7 heteroatoms. The van der Waals surface area contributed by atoms with E-state index in [0.29, 0.717) is 24.3 Å². The molecular formula is C11H13ClN2O3S. The van der Waals surface area contributed by atoms with Crippen molar-refractivity contribution < 1.29 is 13.2 Å². The van der Waals surface area contributed by atoms with Gasteiger partial charge >= 0.3 is 6.03 Å². The van der Waals surface area contributed by atoms with E-state index in [2.05, 4.69) is 0 Å². The topological polar surface area (TPSA) is 57.7 Å². The normalized spacial score (nSPS) is 16.4. The quantitative estimate of drug-likeness (QED) is 0.794. The van der Waals surface area contributed by atoms with Crippen molar-refractivity contribution in [2.45, 2.75) is 5.75 Å². The molecule has 1 aromatic rings. The number of hydrogen-bond donors (Lipinski definition) is 0. The van der Waals surface area contributed by atoms with Gasteiger partial charge < -0.3 is 4.90 Å². The van der Waals surface area contributed by atoms with Gasteiger partial charge in [0.15, 0.2) is 0 Å². The fourth-order valence-corrected chi connectivity index (χ4v) is 2.86. The van der Waals surface area contributed by atoms with Gasteiger partial charge in [0.2, 0.25) is 9.05 Å². The second kappa shape index (κ2) is 4.78. The van der Waals surface area contributed by atoms with Crippen LogP contribution >= 0.6 is 10.7 Å². The number of urea groups is 1. The Hall–Kier alpha value is -1.27. The molecule has 1 heterocycles. The Morgan fingerprint density at radius 1 is 1.33 bits per heavy atom. The average molecular weight is 289 g/mol. The van der Waals surface area contributed by atoms with E-state index in [-0.39, 0.29) is 11.8 Å². The third-order valence-corrected chi connectivity index (χ3v) is 3.78. The molecule has 98 valence electrons. The number of carbonyl (C=O) groups is 1. The van der Waals surface area contributed by atoms with E-state index in [0.717, 1.165) is 0 Å². The lowest BCUT2D eigenvalue weighted by Gasteiger charge is -2.16. The van der Waals surface area contributed by atoms with Crippen molar-refractivity contribution in [2.24, 2.45) is 0 Å². The molecule has 1 fully saturated rings. The number of carbonyl (C=O) groups excluding carboxylic acids is 1. The Balaban J connectivity index is 2.25. The third kappa shape index (κ3) is 2.94. The standard InChI is InChI=1S/C11H13ClN2O3S/c1-13-5-6-14(11(13)15)10-4-2-3-9(7-10)8-18(12,16)17/h2-4,7H,5-6,8H2,1H3. The minimum atomic E-state index is -3.58. The molecule has 0 aliphatic carbocycles. The molecule has 2 rings (SSSR count). The molecule has 18 heavy (non-hydrogen) atoms. The number of anilines is 1. The minimum absolute atomic E-state index is 0.0825. The van der Waals surface area contributed by atoms with Crippen LogP contribution in [-0.4, -0.2) is 39.5 Å². The molecule has 0 radical (unpaired) electrons. The van der Waals surface area contributed by atoms with Crippen LogP contribution in [-0.2, 0) is 14.8 Å². The number of rotatable bonds is 3. The summed E-state index contributed by atoms with van der Waals surface area (Å²) < 4.78 is 22.1. The van der Waals surface area contributed by atoms with E-state index >= 15 is 0 Å². The second-order valence-electron chi connectivity index (χ2n) is 4.21. The van der Waals surface area contributed by atoms with E-state index in [1.54, 1.807) is 41.1 Å². The van der Waals surface area contributed by atoms with Gasteiger partial charge in [-0.3, -0.25) is 4.90 Å². The van der Waals surface area contributed by atoms with Crippen molar-refractivity contribution in [3.8, 4) is 0 Å². The van der Waals surface area contributed by atoms with Crippen molar-refractivity contribution in [3.63, 3.8) is 0 Å². The summed E-state index contributed by atoms with van der Waals surface area (Å²) >= 11 is 0. The van der Waals surface area contributed by atoms with Crippen LogP contribution < -0.4 is 4.90 Å². The van der Waals surface area contributed by atoms with E-state index in [4.69, 9.17) is 10.7 Å². The van der Waals surface area contributed by atoms with Crippen molar-refractivity contribution >= 4 is 31.5 Å². The first-order chi connectivity index (χ1) is 8.37. The highest BCUT2D eigenvalue weighted by molar-refractivity contribution is 8.13. The summed E-state index contributed by atoms with van der Waals surface area (Å²) in [5.41, 5.74) is 1.27. The van der Waals surface area contributed by atoms with E-state index in [1.807, 2.05) is 0 Å².